The quantitative estimate of drug-likeness (QED) is 0.774. The Balaban J connectivity index is 2.01. The third-order valence-electron chi connectivity index (χ3n) is 4.17. The maximum absolute atomic E-state index is 6.41. The van der Waals surface area contributed by atoms with Gasteiger partial charge in [0.15, 0.2) is 0 Å². The van der Waals surface area contributed by atoms with Crippen LogP contribution in [0.1, 0.15) is 33.6 Å². The number of rotatable bonds is 3. The fraction of sp³-hybridized carbons (Fsp3) is 0.733. The second-order valence-electron chi connectivity index (χ2n) is 5.58. The lowest BCUT2D eigenvalue weighted by Crippen LogP contribution is -2.45. The molecule has 0 aromatic rings. The van der Waals surface area contributed by atoms with Gasteiger partial charge in [-0.05, 0) is 37.0 Å². The summed E-state index contributed by atoms with van der Waals surface area (Å²) in [6.45, 7) is 12.6. The second-order valence-corrected chi connectivity index (χ2v) is 5.99. The smallest absolute Gasteiger partial charge is 0.0417 e. The highest BCUT2D eigenvalue weighted by molar-refractivity contribution is 6.31. The average Bonchev–Trinajstić information content (AvgIpc) is 2.38. The van der Waals surface area contributed by atoms with E-state index in [1.807, 2.05) is 0 Å². The van der Waals surface area contributed by atoms with E-state index in [-0.39, 0.29) is 0 Å². The molecule has 0 amide bonds. The van der Waals surface area contributed by atoms with Gasteiger partial charge in [0.05, 0.1) is 0 Å². The minimum atomic E-state index is 0.576. The number of halogens is 1. The number of likely N-dealkylation sites (N-methyl/N-ethyl adjacent to an activating group) is 1. The summed E-state index contributed by atoms with van der Waals surface area (Å²) in [5.41, 5.74) is 2.87. The van der Waals surface area contributed by atoms with Crippen molar-refractivity contribution in [3.8, 4) is 0 Å². The molecule has 1 aliphatic heterocycles. The van der Waals surface area contributed by atoms with E-state index in [4.69, 9.17) is 11.6 Å². The summed E-state index contributed by atoms with van der Waals surface area (Å²) in [4.78, 5) is 5.03. The number of hydrogen-bond donors (Lipinski definition) is 0. The first-order chi connectivity index (χ1) is 8.61. The summed E-state index contributed by atoms with van der Waals surface area (Å²) in [6.07, 6.45) is 4.51. The molecule has 2 aliphatic rings. The Hall–Kier alpha value is -0.470. The third kappa shape index (κ3) is 3.10. The highest BCUT2D eigenvalue weighted by Crippen LogP contribution is 2.32. The Morgan fingerprint density at radius 1 is 1.17 bits per heavy atom. The summed E-state index contributed by atoms with van der Waals surface area (Å²) in [7, 11) is 0. The van der Waals surface area contributed by atoms with Crippen LogP contribution in [0.25, 0.3) is 0 Å². The number of allylic oxidation sites excluding steroid dienone is 4. The summed E-state index contributed by atoms with van der Waals surface area (Å²) in [6, 6.07) is 0. The predicted octanol–water partition coefficient (Wildman–Crippen LogP) is 3.45. The first-order valence-corrected chi connectivity index (χ1v) is 7.56. The van der Waals surface area contributed by atoms with Crippen LogP contribution in [-0.4, -0.2) is 42.5 Å². The van der Waals surface area contributed by atoms with E-state index in [2.05, 4.69) is 36.6 Å². The van der Waals surface area contributed by atoms with Crippen molar-refractivity contribution in [3.05, 3.63) is 22.4 Å². The molecule has 1 aliphatic carbocycles. The molecule has 1 fully saturated rings. The fourth-order valence-electron chi connectivity index (χ4n) is 2.86. The molecule has 0 saturated carbocycles. The summed E-state index contributed by atoms with van der Waals surface area (Å²) in [5, 5.41) is 0.990. The molecule has 0 atom stereocenters. The van der Waals surface area contributed by atoms with Crippen LogP contribution in [0, 0.1) is 5.92 Å². The Morgan fingerprint density at radius 3 is 2.33 bits per heavy atom. The van der Waals surface area contributed by atoms with E-state index in [0.717, 1.165) is 31.0 Å². The standard InChI is InChI=1S/C15H25ClN2/c1-4-17-7-9-18(10-8-17)13-5-6-14(12(2)3)15(16)11-13/h11-12H,4-10H2,1-3H3. The summed E-state index contributed by atoms with van der Waals surface area (Å²) in [5.74, 6) is 0.576. The number of piperazine rings is 1. The van der Waals surface area contributed by atoms with Crippen molar-refractivity contribution >= 4 is 11.6 Å². The first kappa shape index (κ1) is 14.0. The monoisotopic (exact) mass is 268 g/mol. The Labute approximate surface area is 116 Å². The summed E-state index contributed by atoms with van der Waals surface area (Å²) >= 11 is 6.41. The lowest BCUT2D eigenvalue weighted by Gasteiger charge is -2.38. The SMILES string of the molecule is CCN1CCN(C2=CC(Cl)=C(C(C)C)CC2)CC1. The maximum Gasteiger partial charge on any atom is 0.0417 e. The Bertz CT molecular complexity index is 350. The van der Waals surface area contributed by atoms with E-state index in [0.29, 0.717) is 5.92 Å². The largest absolute Gasteiger partial charge is 0.372 e. The minimum absolute atomic E-state index is 0.576. The molecule has 3 heteroatoms. The van der Waals surface area contributed by atoms with Crippen LogP contribution in [0.5, 0.6) is 0 Å². The first-order valence-electron chi connectivity index (χ1n) is 7.18. The van der Waals surface area contributed by atoms with E-state index in [1.165, 1.54) is 30.9 Å². The van der Waals surface area contributed by atoms with Crippen molar-refractivity contribution in [2.45, 2.75) is 33.6 Å². The lowest BCUT2D eigenvalue weighted by atomic mass is 9.93. The molecule has 0 N–H and O–H groups in total. The maximum atomic E-state index is 6.41. The van der Waals surface area contributed by atoms with Gasteiger partial charge in [0.1, 0.15) is 0 Å². The molecule has 0 radical (unpaired) electrons. The molecule has 18 heavy (non-hydrogen) atoms. The zero-order chi connectivity index (χ0) is 13.1. The van der Waals surface area contributed by atoms with Gasteiger partial charge in [-0.2, -0.15) is 0 Å². The van der Waals surface area contributed by atoms with Gasteiger partial charge in [0.2, 0.25) is 0 Å². The second kappa shape index (κ2) is 6.12. The van der Waals surface area contributed by atoms with E-state index in [9.17, 15) is 0 Å². The molecular formula is C15H25ClN2. The van der Waals surface area contributed by atoms with Crippen LogP contribution in [0.4, 0.5) is 0 Å². The molecule has 0 bridgehead atoms. The highest BCUT2D eigenvalue weighted by Gasteiger charge is 2.21. The molecule has 0 aromatic carbocycles. The number of nitrogens with zero attached hydrogens (tertiary/aromatic N) is 2. The molecule has 0 aromatic heterocycles. The van der Waals surface area contributed by atoms with Gasteiger partial charge in [0.25, 0.3) is 0 Å². The van der Waals surface area contributed by atoms with Gasteiger partial charge in [-0.15, -0.1) is 0 Å². The zero-order valence-electron chi connectivity index (χ0n) is 11.9. The molecule has 0 unspecified atom stereocenters. The molecule has 0 spiro atoms. The fourth-order valence-corrected chi connectivity index (χ4v) is 3.30. The van der Waals surface area contributed by atoms with Gasteiger partial charge in [-0.3, -0.25) is 0 Å². The topological polar surface area (TPSA) is 6.48 Å². The zero-order valence-corrected chi connectivity index (χ0v) is 12.6. The van der Waals surface area contributed by atoms with Crippen LogP contribution in [0.15, 0.2) is 22.4 Å². The van der Waals surface area contributed by atoms with Crippen molar-refractivity contribution in [2.24, 2.45) is 5.92 Å². The summed E-state index contributed by atoms with van der Waals surface area (Å²) < 4.78 is 0. The molecule has 2 nitrogen and oxygen atoms in total. The normalized spacial score (nSPS) is 22.7. The van der Waals surface area contributed by atoms with Gasteiger partial charge < -0.3 is 9.80 Å². The van der Waals surface area contributed by atoms with Crippen LogP contribution in [0.3, 0.4) is 0 Å². The van der Waals surface area contributed by atoms with E-state index < -0.39 is 0 Å². The van der Waals surface area contributed by atoms with E-state index in [1.54, 1.807) is 0 Å². The number of hydrogen-bond acceptors (Lipinski definition) is 2. The van der Waals surface area contributed by atoms with Gasteiger partial charge in [0, 0.05) is 36.9 Å². The minimum Gasteiger partial charge on any atom is -0.372 e. The van der Waals surface area contributed by atoms with E-state index >= 15 is 0 Å². The van der Waals surface area contributed by atoms with Crippen LogP contribution in [0.2, 0.25) is 0 Å². The van der Waals surface area contributed by atoms with Crippen molar-refractivity contribution < 1.29 is 0 Å². The van der Waals surface area contributed by atoms with Crippen LogP contribution in [-0.2, 0) is 0 Å². The molecule has 2 rings (SSSR count). The van der Waals surface area contributed by atoms with Gasteiger partial charge in [-0.1, -0.05) is 32.4 Å². The van der Waals surface area contributed by atoms with Crippen LogP contribution >= 0.6 is 11.6 Å². The van der Waals surface area contributed by atoms with Crippen molar-refractivity contribution in [2.75, 3.05) is 32.7 Å². The van der Waals surface area contributed by atoms with Gasteiger partial charge >= 0.3 is 0 Å². The third-order valence-corrected chi connectivity index (χ3v) is 4.53. The lowest BCUT2D eigenvalue weighted by molar-refractivity contribution is 0.161. The molecule has 102 valence electrons. The molecule has 1 saturated heterocycles. The highest BCUT2D eigenvalue weighted by atomic mass is 35.5. The van der Waals surface area contributed by atoms with Gasteiger partial charge in [-0.25, -0.2) is 0 Å². The Morgan fingerprint density at radius 2 is 1.83 bits per heavy atom. The Kier molecular flexibility index (Phi) is 4.74. The van der Waals surface area contributed by atoms with Crippen LogP contribution < -0.4 is 0 Å². The van der Waals surface area contributed by atoms with Crippen molar-refractivity contribution in [1.29, 1.82) is 0 Å². The predicted molar refractivity (Wildman–Crippen MR) is 78.7 cm³/mol. The van der Waals surface area contributed by atoms with Crippen molar-refractivity contribution in [3.63, 3.8) is 0 Å². The molecular weight excluding hydrogens is 244 g/mol. The van der Waals surface area contributed by atoms with Crippen molar-refractivity contribution in [1.82, 2.24) is 9.80 Å². The molecule has 1 heterocycles. The average molecular weight is 269 g/mol.